The van der Waals surface area contributed by atoms with Crippen molar-refractivity contribution in [1.82, 2.24) is 20.0 Å². The quantitative estimate of drug-likeness (QED) is 0.760. The Hall–Kier alpha value is -3.03. The molecule has 0 aliphatic carbocycles. The molecule has 1 amide bonds. The van der Waals surface area contributed by atoms with Gasteiger partial charge in [0.05, 0.1) is 18.4 Å². The summed E-state index contributed by atoms with van der Waals surface area (Å²) in [5, 5.41) is 12.4. The van der Waals surface area contributed by atoms with Crippen LogP contribution < -0.4 is 5.32 Å². The van der Waals surface area contributed by atoms with Crippen molar-refractivity contribution in [2.45, 2.75) is 13.0 Å². The zero-order valence-electron chi connectivity index (χ0n) is 11.9. The van der Waals surface area contributed by atoms with Crippen LogP contribution in [0.25, 0.3) is 0 Å². The van der Waals surface area contributed by atoms with Gasteiger partial charge in [-0.1, -0.05) is 30.3 Å². The molecule has 3 rings (SSSR count). The van der Waals surface area contributed by atoms with Gasteiger partial charge in [0.15, 0.2) is 5.69 Å². The Labute approximate surface area is 130 Å². The minimum Gasteiger partial charge on any atom is -0.318 e. The number of alkyl halides is 2. The number of rotatable bonds is 5. The first-order valence-electron chi connectivity index (χ1n) is 6.83. The van der Waals surface area contributed by atoms with E-state index in [0.717, 1.165) is 11.6 Å². The van der Waals surface area contributed by atoms with Gasteiger partial charge in [-0.05, 0) is 11.6 Å². The summed E-state index contributed by atoms with van der Waals surface area (Å²) in [7, 11) is 0. The SMILES string of the molecule is O=C(Nc1cnn(Cc2ccccc2)c1)c1cc(C(F)F)[nH]n1. The van der Waals surface area contributed by atoms with E-state index in [1.807, 2.05) is 30.3 Å². The van der Waals surface area contributed by atoms with E-state index in [9.17, 15) is 13.6 Å². The van der Waals surface area contributed by atoms with Gasteiger partial charge < -0.3 is 5.32 Å². The molecular weight excluding hydrogens is 304 g/mol. The molecule has 3 aromatic rings. The number of carbonyl (C=O) groups excluding carboxylic acids is 1. The van der Waals surface area contributed by atoms with E-state index in [4.69, 9.17) is 0 Å². The third kappa shape index (κ3) is 3.60. The first-order valence-corrected chi connectivity index (χ1v) is 6.83. The monoisotopic (exact) mass is 317 g/mol. The van der Waals surface area contributed by atoms with Crippen LogP contribution in [0.2, 0.25) is 0 Å². The van der Waals surface area contributed by atoms with E-state index in [2.05, 4.69) is 20.6 Å². The van der Waals surface area contributed by atoms with Crippen LogP contribution >= 0.6 is 0 Å². The lowest BCUT2D eigenvalue weighted by Gasteiger charge is -2.01. The summed E-state index contributed by atoms with van der Waals surface area (Å²) in [5.74, 6) is -0.576. The number of nitrogens with zero attached hydrogens (tertiary/aromatic N) is 3. The largest absolute Gasteiger partial charge is 0.318 e. The van der Waals surface area contributed by atoms with Gasteiger partial charge in [0.1, 0.15) is 5.69 Å². The maximum Gasteiger partial charge on any atom is 0.279 e. The second-order valence-corrected chi connectivity index (χ2v) is 4.88. The number of amides is 1. The molecule has 2 heterocycles. The molecule has 0 atom stereocenters. The summed E-state index contributed by atoms with van der Waals surface area (Å²) < 4.78 is 26.6. The fourth-order valence-corrected chi connectivity index (χ4v) is 2.04. The highest BCUT2D eigenvalue weighted by molar-refractivity contribution is 6.02. The highest BCUT2D eigenvalue weighted by Gasteiger charge is 2.16. The number of hydrogen-bond acceptors (Lipinski definition) is 3. The van der Waals surface area contributed by atoms with Crippen LogP contribution in [0.3, 0.4) is 0 Å². The molecule has 0 fully saturated rings. The highest BCUT2D eigenvalue weighted by Crippen LogP contribution is 2.17. The lowest BCUT2D eigenvalue weighted by atomic mass is 10.2. The summed E-state index contributed by atoms with van der Waals surface area (Å²) in [5.41, 5.74) is 1.04. The average Bonchev–Trinajstić information content (AvgIpc) is 3.18. The van der Waals surface area contributed by atoms with Crippen LogP contribution in [0.15, 0.2) is 48.8 Å². The summed E-state index contributed by atoms with van der Waals surface area (Å²) in [6.07, 6.45) is 0.449. The zero-order valence-corrected chi connectivity index (χ0v) is 11.9. The van der Waals surface area contributed by atoms with Crippen molar-refractivity contribution in [1.29, 1.82) is 0 Å². The van der Waals surface area contributed by atoms with Crippen LogP contribution in [-0.4, -0.2) is 25.9 Å². The molecule has 0 radical (unpaired) electrons. The van der Waals surface area contributed by atoms with Gasteiger partial charge in [0.2, 0.25) is 0 Å². The minimum absolute atomic E-state index is 0.101. The van der Waals surface area contributed by atoms with E-state index < -0.39 is 18.0 Å². The Balaban J connectivity index is 1.65. The maximum absolute atomic E-state index is 12.5. The number of nitrogens with one attached hydrogen (secondary N) is 2. The van der Waals surface area contributed by atoms with Gasteiger partial charge >= 0.3 is 0 Å². The Morgan fingerprint density at radius 1 is 1.30 bits per heavy atom. The second kappa shape index (κ2) is 6.39. The van der Waals surface area contributed by atoms with Crippen molar-refractivity contribution in [3.63, 3.8) is 0 Å². The molecule has 0 bridgehead atoms. The van der Waals surface area contributed by atoms with Crippen LogP contribution in [0.4, 0.5) is 14.5 Å². The molecule has 0 saturated heterocycles. The summed E-state index contributed by atoms with van der Waals surface area (Å²) in [4.78, 5) is 11.9. The molecule has 2 N–H and O–H groups in total. The van der Waals surface area contributed by atoms with Gasteiger partial charge in [-0.2, -0.15) is 10.2 Å². The summed E-state index contributed by atoms with van der Waals surface area (Å²) >= 11 is 0. The fraction of sp³-hybridized carbons (Fsp3) is 0.133. The molecule has 0 unspecified atom stereocenters. The number of H-pyrrole nitrogens is 1. The third-order valence-corrected chi connectivity index (χ3v) is 3.14. The zero-order chi connectivity index (χ0) is 16.2. The van der Waals surface area contributed by atoms with Crippen molar-refractivity contribution in [3.05, 3.63) is 65.7 Å². The molecule has 8 heteroatoms. The molecule has 2 aromatic heterocycles. The van der Waals surface area contributed by atoms with Crippen LogP contribution in [0, 0.1) is 0 Å². The lowest BCUT2D eigenvalue weighted by Crippen LogP contribution is -2.11. The number of anilines is 1. The van der Waals surface area contributed by atoms with Crippen LogP contribution in [0.1, 0.15) is 28.2 Å². The Kier molecular flexibility index (Phi) is 4.13. The van der Waals surface area contributed by atoms with Gasteiger partial charge in [0, 0.05) is 6.20 Å². The topological polar surface area (TPSA) is 75.6 Å². The number of aromatic nitrogens is 4. The van der Waals surface area contributed by atoms with E-state index in [1.54, 1.807) is 10.9 Å². The normalized spacial score (nSPS) is 10.9. The molecule has 0 saturated carbocycles. The van der Waals surface area contributed by atoms with Gasteiger partial charge in [0.25, 0.3) is 12.3 Å². The minimum atomic E-state index is -2.70. The first-order chi connectivity index (χ1) is 11.1. The molecular formula is C15H13F2N5O. The van der Waals surface area contributed by atoms with Crippen LogP contribution in [0.5, 0.6) is 0 Å². The molecule has 1 aromatic carbocycles. The molecule has 23 heavy (non-hydrogen) atoms. The van der Waals surface area contributed by atoms with E-state index >= 15 is 0 Å². The summed E-state index contributed by atoms with van der Waals surface area (Å²) in [6.45, 7) is 0.564. The second-order valence-electron chi connectivity index (χ2n) is 4.88. The standard InChI is InChI=1S/C15H13F2N5O/c16-14(17)12-6-13(21-20-12)15(23)19-11-7-18-22(9-11)8-10-4-2-1-3-5-10/h1-7,9,14H,8H2,(H,19,23)(H,20,21). The summed E-state index contributed by atoms with van der Waals surface area (Å²) in [6, 6.07) is 10.7. The molecule has 6 nitrogen and oxygen atoms in total. The van der Waals surface area contributed by atoms with E-state index in [-0.39, 0.29) is 5.69 Å². The van der Waals surface area contributed by atoms with Gasteiger partial charge in [-0.15, -0.1) is 0 Å². The predicted molar refractivity (Wildman–Crippen MR) is 79.3 cm³/mol. The Bertz CT molecular complexity index is 797. The Morgan fingerprint density at radius 2 is 2.09 bits per heavy atom. The van der Waals surface area contributed by atoms with E-state index in [0.29, 0.717) is 12.2 Å². The van der Waals surface area contributed by atoms with Crippen molar-refractivity contribution >= 4 is 11.6 Å². The third-order valence-electron chi connectivity index (χ3n) is 3.14. The van der Waals surface area contributed by atoms with Crippen LogP contribution in [-0.2, 0) is 6.54 Å². The fourth-order valence-electron chi connectivity index (χ4n) is 2.04. The lowest BCUT2D eigenvalue weighted by molar-refractivity contribution is 0.102. The number of hydrogen-bond donors (Lipinski definition) is 2. The Morgan fingerprint density at radius 3 is 2.78 bits per heavy atom. The maximum atomic E-state index is 12.5. The van der Waals surface area contributed by atoms with Gasteiger partial charge in [-0.25, -0.2) is 8.78 Å². The number of halogens is 2. The number of carbonyl (C=O) groups is 1. The van der Waals surface area contributed by atoms with Crippen molar-refractivity contribution < 1.29 is 13.6 Å². The smallest absolute Gasteiger partial charge is 0.279 e. The number of benzene rings is 1. The van der Waals surface area contributed by atoms with Crippen molar-refractivity contribution in [3.8, 4) is 0 Å². The average molecular weight is 317 g/mol. The predicted octanol–water partition coefficient (Wildman–Crippen LogP) is 2.84. The number of aromatic amines is 1. The van der Waals surface area contributed by atoms with Crippen molar-refractivity contribution in [2.24, 2.45) is 0 Å². The first kappa shape index (κ1) is 14.9. The van der Waals surface area contributed by atoms with E-state index in [1.165, 1.54) is 6.20 Å². The van der Waals surface area contributed by atoms with Gasteiger partial charge in [-0.3, -0.25) is 14.6 Å². The molecule has 0 aliphatic rings. The molecule has 118 valence electrons. The highest BCUT2D eigenvalue weighted by atomic mass is 19.3. The molecule has 0 spiro atoms. The van der Waals surface area contributed by atoms with Crippen molar-refractivity contribution in [2.75, 3.05) is 5.32 Å². The molecule has 0 aliphatic heterocycles.